The zero-order valence-corrected chi connectivity index (χ0v) is 10.6. The summed E-state index contributed by atoms with van der Waals surface area (Å²) in [7, 11) is 1.68. The second-order valence-corrected chi connectivity index (χ2v) is 5.06. The van der Waals surface area contributed by atoms with E-state index in [9.17, 15) is 4.79 Å². The van der Waals surface area contributed by atoms with Crippen LogP contribution >= 0.6 is 0 Å². The maximum atomic E-state index is 12.0. The van der Waals surface area contributed by atoms with E-state index < -0.39 is 0 Å². The summed E-state index contributed by atoms with van der Waals surface area (Å²) in [6, 6.07) is 8.07. The normalized spacial score (nSPS) is 27.2. The number of piperidine rings is 2. The van der Waals surface area contributed by atoms with Gasteiger partial charge in [-0.2, -0.15) is 0 Å². The highest BCUT2D eigenvalue weighted by molar-refractivity contribution is 5.87. The number of nitrogens with zero attached hydrogens (tertiary/aromatic N) is 1. The molecule has 18 heavy (non-hydrogen) atoms. The van der Waals surface area contributed by atoms with E-state index in [4.69, 9.17) is 4.74 Å². The Hall–Kier alpha value is -1.55. The van der Waals surface area contributed by atoms with Gasteiger partial charge in [-0.15, -0.1) is 0 Å². The van der Waals surface area contributed by atoms with E-state index in [0.717, 1.165) is 37.6 Å². The molecule has 1 aromatic carbocycles. The summed E-state index contributed by atoms with van der Waals surface area (Å²) >= 11 is 0. The minimum absolute atomic E-state index is 0.142. The number of nitrogens with one attached hydrogen (secondary N) is 1. The van der Waals surface area contributed by atoms with Gasteiger partial charge < -0.3 is 15.0 Å². The molecule has 96 valence electrons. The van der Waals surface area contributed by atoms with Crippen molar-refractivity contribution < 1.29 is 9.53 Å². The first kappa shape index (κ1) is 11.5. The molecule has 0 spiro atoms. The largest absolute Gasteiger partial charge is 0.497 e. The predicted molar refractivity (Wildman–Crippen MR) is 70.1 cm³/mol. The third-order valence-corrected chi connectivity index (χ3v) is 3.89. The van der Waals surface area contributed by atoms with Crippen molar-refractivity contribution in [1.29, 1.82) is 0 Å². The molecule has 2 fully saturated rings. The van der Waals surface area contributed by atoms with Gasteiger partial charge in [-0.3, -0.25) is 4.79 Å². The number of hydrogen-bond donors (Lipinski definition) is 1. The van der Waals surface area contributed by atoms with Crippen molar-refractivity contribution in [2.45, 2.75) is 0 Å². The number of methoxy groups -OCH3 is 1. The third-order valence-electron chi connectivity index (χ3n) is 3.89. The second-order valence-electron chi connectivity index (χ2n) is 5.06. The smallest absolute Gasteiger partial charge is 0.145 e. The molecular formula is C14H18N2O2. The molecule has 1 N–H and O–H groups in total. The van der Waals surface area contributed by atoms with Gasteiger partial charge in [-0.05, 0) is 12.1 Å². The van der Waals surface area contributed by atoms with Gasteiger partial charge in [0.25, 0.3) is 0 Å². The van der Waals surface area contributed by atoms with Crippen molar-refractivity contribution in [3.63, 3.8) is 0 Å². The Labute approximate surface area is 107 Å². The summed E-state index contributed by atoms with van der Waals surface area (Å²) in [5.41, 5.74) is 1.15. The lowest BCUT2D eigenvalue weighted by Gasteiger charge is -2.41. The molecule has 2 aliphatic heterocycles. The van der Waals surface area contributed by atoms with Crippen molar-refractivity contribution in [2.24, 2.45) is 11.8 Å². The Morgan fingerprint density at radius 2 is 2.00 bits per heavy atom. The van der Waals surface area contributed by atoms with Gasteiger partial charge in [0.1, 0.15) is 11.5 Å². The van der Waals surface area contributed by atoms with E-state index in [1.165, 1.54) is 0 Å². The van der Waals surface area contributed by atoms with E-state index in [0.29, 0.717) is 5.78 Å². The first-order valence-electron chi connectivity index (χ1n) is 6.41. The molecule has 2 saturated heterocycles. The van der Waals surface area contributed by atoms with Gasteiger partial charge in [-0.25, -0.2) is 0 Å². The molecule has 4 heteroatoms. The van der Waals surface area contributed by atoms with Gasteiger partial charge in [-0.1, -0.05) is 6.07 Å². The van der Waals surface area contributed by atoms with Crippen LogP contribution in [0.1, 0.15) is 0 Å². The van der Waals surface area contributed by atoms with Crippen molar-refractivity contribution in [3.8, 4) is 5.75 Å². The van der Waals surface area contributed by atoms with Crippen molar-refractivity contribution in [3.05, 3.63) is 24.3 Å². The zero-order valence-electron chi connectivity index (χ0n) is 10.6. The molecule has 2 bridgehead atoms. The Balaban J connectivity index is 1.83. The monoisotopic (exact) mass is 246 g/mol. The van der Waals surface area contributed by atoms with Crippen molar-refractivity contribution in [1.82, 2.24) is 5.32 Å². The van der Waals surface area contributed by atoms with Crippen LogP contribution in [-0.2, 0) is 4.79 Å². The summed E-state index contributed by atoms with van der Waals surface area (Å²) in [6.45, 7) is 3.26. The van der Waals surface area contributed by atoms with Gasteiger partial charge in [0.05, 0.1) is 7.11 Å². The summed E-state index contributed by atoms with van der Waals surface area (Å²) in [6.07, 6.45) is 0. The van der Waals surface area contributed by atoms with Crippen LogP contribution in [0.15, 0.2) is 24.3 Å². The molecule has 0 amide bonds. The quantitative estimate of drug-likeness (QED) is 0.842. The van der Waals surface area contributed by atoms with Crippen LogP contribution in [-0.4, -0.2) is 39.1 Å². The Morgan fingerprint density at radius 3 is 2.67 bits per heavy atom. The van der Waals surface area contributed by atoms with E-state index in [1.54, 1.807) is 7.11 Å². The van der Waals surface area contributed by atoms with Crippen LogP contribution in [0.4, 0.5) is 5.69 Å². The molecule has 2 aliphatic rings. The van der Waals surface area contributed by atoms with Crippen LogP contribution in [0.5, 0.6) is 5.75 Å². The fourth-order valence-corrected chi connectivity index (χ4v) is 2.90. The molecule has 0 radical (unpaired) electrons. The number of hydrogen-bond acceptors (Lipinski definition) is 4. The average molecular weight is 246 g/mol. The fourth-order valence-electron chi connectivity index (χ4n) is 2.90. The van der Waals surface area contributed by atoms with Crippen LogP contribution in [0.2, 0.25) is 0 Å². The van der Waals surface area contributed by atoms with Crippen molar-refractivity contribution >= 4 is 11.5 Å². The Morgan fingerprint density at radius 1 is 1.28 bits per heavy atom. The van der Waals surface area contributed by atoms with Gasteiger partial charge >= 0.3 is 0 Å². The van der Waals surface area contributed by atoms with E-state index in [2.05, 4.69) is 16.3 Å². The number of ether oxygens (including phenoxy) is 1. The number of carbonyl (C=O) groups is 1. The number of benzene rings is 1. The minimum atomic E-state index is 0.142. The number of rotatable bonds is 2. The average Bonchev–Trinajstić information content (AvgIpc) is 2.38. The molecule has 4 nitrogen and oxygen atoms in total. The predicted octanol–water partition coefficient (Wildman–Crippen LogP) is 0.920. The first-order chi connectivity index (χ1) is 8.78. The van der Waals surface area contributed by atoms with Gasteiger partial charge in [0, 0.05) is 49.8 Å². The van der Waals surface area contributed by atoms with E-state index in [-0.39, 0.29) is 11.8 Å². The standard InChI is InChI=1S/C14H18N2O2/c1-18-13-4-2-3-12(5-13)16-8-10-6-15-7-11(9-16)14(10)17/h2-5,10-11,15H,6-9H2,1H3. The van der Waals surface area contributed by atoms with Crippen LogP contribution < -0.4 is 15.0 Å². The molecule has 0 saturated carbocycles. The summed E-state index contributed by atoms with van der Waals surface area (Å²) in [4.78, 5) is 14.3. The van der Waals surface area contributed by atoms with Gasteiger partial charge in [0.15, 0.2) is 0 Å². The lowest BCUT2D eigenvalue weighted by Crippen LogP contribution is -2.57. The second kappa shape index (κ2) is 4.61. The molecule has 3 rings (SSSR count). The lowest BCUT2D eigenvalue weighted by atomic mass is 9.84. The highest BCUT2D eigenvalue weighted by atomic mass is 16.5. The van der Waals surface area contributed by atoms with E-state index in [1.807, 2.05) is 18.2 Å². The summed E-state index contributed by atoms with van der Waals surface area (Å²) < 4.78 is 5.25. The van der Waals surface area contributed by atoms with Crippen LogP contribution in [0, 0.1) is 11.8 Å². The van der Waals surface area contributed by atoms with Crippen LogP contribution in [0.3, 0.4) is 0 Å². The Bertz CT molecular complexity index is 445. The minimum Gasteiger partial charge on any atom is -0.497 e. The van der Waals surface area contributed by atoms with Gasteiger partial charge in [0.2, 0.25) is 0 Å². The SMILES string of the molecule is COc1cccc(N2CC3CNCC(C2)C3=O)c1. The third kappa shape index (κ3) is 1.97. The maximum Gasteiger partial charge on any atom is 0.145 e. The van der Waals surface area contributed by atoms with E-state index >= 15 is 0 Å². The Kier molecular flexibility index (Phi) is 2.96. The lowest BCUT2D eigenvalue weighted by molar-refractivity contribution is -0.129. The number of carbonyl (C=O) groups excluding carboxylic acids is 1. The number of Topliss-reactive ketones (excluding diaryl/α,β-unsaturated/α-hetero) is 1. The molecule has 0 aliphatic carbocycles. The summed E-state index contributed by atoms with van der Waals surface area (Å²) in [5, 5.41) is 3.34. The van der Waals surface area contributed by atoms with Crippen LogP contribution in [0.25, 0.3) is 0 Å². The zero-order chi connectivity index (χ0) is 12.5. The summed E-state index contributed by atoms with van der Waals surface area (Å²) in [5.74, 6) is 1.59. The fraction of sp³-hybridized carbons (Fsp3) is 0.500. The highest BCUT2D eigenvalue weighted by Gasteiger charge is 2.37. The maximum absolute atomic E-state index is 12.0. The number of ketones is 1. The highest BCUT2D eigenvalue weighted by Crippen LogP contribution is 2.28. The molecular weight excluding hydrogens is 228 g/mol. The molecule has 2 atom stereocenters. The molecule has 2 unspecified atom stereocenters. The number of fused-ring (bicyclic) bond motifs is 2. The molecule has 0 aromatic heterocycles. The molecule has 1 aromatic rings. The molecule has 2 heterocycles. The topological polar surface area (TPSA) is 41.6 Å². The first-order valence-corrected chi connectivity index (χ1v) is 6.41. The number of anilines is 1. The van der Waals surface area contributed by atoms with Crippen molar-refractivity contribution in [2.75, 3.05) is 38.2 Å².